The lowest BCUT2D eigenvalue weighted by molar-refractivity contribution is -0.117. The van der Waals surface area contributed by atoms with Gasteiger partial charge in [0.2, 0.25) is 15.9 Å². The minimum Gasteiger partial charge on any atom is -0.495 e. The third-order valence-electron chi connectivity index (χ3n) is 4.32. The van der Waals surface area contributed by atoms with Crippen LogP contribution in [0, 0.1) is 6.92 Å². The number of methoxy groups -OCH3 is 2. The van der Waals surface area contributed by atoms with Gasteiger partial charge >= 0.3 is 0 Å². The van der Waals surface area contributed by atoms with Crippen molar-refractivity contribution in [2.45, 2.75) is 26.3 Å². The molecule has 1 amide bonds. The lowest BCUT2D eigenvalue weighted by Crippen LogP contribution is -2.47. The molecule has 0 fully saturated rings. The van der Waals surface area contributed by atoms with Crippen LogP contribution in [0.25, 0.3) is 0 Å². The third-order valence-corrected chi connectivity index (χ3v) is 5.72. The number of halogens is 1. The van der Waals surface area contributed by atoms with Gasteiger partial charge in [0.15, 0.2) is 0 Å². The number of benzene rings is 2. The summed E-state index contributed by atoms with van der Waals surface area (Å²) in [4.78, 5) is 13.1. The maximum atomic E-state index is 13.1. The van der Waals surface area contributed by atoms with E-state index in [4.69, 9.17) is 21.1 Å². The van der Waals surface area contributed by atoms with Gasteiger partial charge in [0.1, 0.15) is 17.5 Å². The van der Waals surface area contributed by atoms with Crippen molar-refractivity contribution in [2.24, 2.45) is 0 Å². The second-order valence-electron chi connectivity index (χ2n) is 6.49. The van der Waals surface area contributed by atoms with Crippen LogP contribution in [0.15, 0.2) is 36.4 Å². The van der Waals surface area contributed by atoms with Crippen LogP contribution in [0.5, 0.6) is 11.5 Å². The number of hydrogen-bond donors (Lipinski definition) is 1. The summed E-state index contributed by atoms with van der Waals surface area (Å²) in [6, 6.07) is 8.93. The van der Waals surface area contributed by atoms with Crippen LogP contribution in [0.3, 0.4) is 0 Å². The van der Waals surface area contributed by atoms with E-state index in [9.17, 15) is 13.2 Å². The second kappa shape index (κ2) is 9.37. The Hall–Kier alpha value is -2.45. The maximum Gasteiger partial charge on any atom is 0.248 e. The van der Waals surface area contributed by atoms with Gasteiger partial charge in [-0.1, -0.05) is 24.6 Å². The van der Waals surface area contributed by atoms with Crippen molar-refractivity contribution in [3.8, 4) is 11.5 Å². The van der Waals surface area contributed by atoms with Gasteiger partial charge in [-0.3, -0.25) is 9.10 Å². The Kier molecular flexibility index (Phi) is 7.37. The molecule has 1 N–H and O–H groups in total. The summed E-state index contributed by atoms with van der Waals surface area (Å²) >= 11 is 6.09. The molecule has 9 heteroatoms. The van der Waals surface area contributed by atoms with Crippen LogP contribution in [0.2, 0.25) is 5.02 Å². The van der Waals surface area contributed by atoms with Gasteiger partial charge in [0.25, 0.3) is 0 Å². The Labute approximate surface area is 176 Å². The van der Waals surface area contributed by atoms with Crippen molar-refractivity contribution in [3.63, 3.8) is 0 Å². The lowest BCUT2D eigenvalue weighted by Gasteiger charge is -2.31. The molecule has 2 aromatic carbocycles. The topological polar surface area (TPSA) is 84.9 Å². The fourth-order valence-electron chi connectivity index (χ4n) is 3.01. The van der Waals surface area contributed by atoms with Crippen LogP contribution >= 0.6 is 11.6 Å². The molecule has 0 bridgehead atoms. The van der Waals surface area contributed by atoms with Crippen molar-refractivity contribution in [1.82, 2.24) is 0 Å². The van der Waals surface area contributed by atoms with E-state index in [1.54, 1.807) is 31.2 Å². The van der Waals surface area contributed by atoms with Crippen LogP contribution in [0.1, 0.15) is 18.9 Å². The highest BCUT2D eigenvalue weighted by atomic mass is 35.5. The molecule has 0 aliphatic rings. The molecule has 0 heterocycles. The van der Waals surface area contributed by atoms with Crippen molar-refractivity contribution in [1.29, 1.82) is 0 Å². The molecule has 158 valence electrons. The number of ether oxygens (including phenoxy) is 2. The van der Waals surface area contributed by atoms with E-state index in [2.05, 4.69) is 5.32 Å². The number of carbonyl (C=O) groups is 1. The Morgan fingerprint density at radius 2 is 1.76 bits per heavy atom. The van der Waals surface area contributed by atoms with E-state index < -0.39 is 22.0 Å². The average molecular weight is 441 g/mol. The van der Waals surface area contributed by atoms with Crippen molar-refractivity contribution < 1.29 is 22.7 Å². The number of amides is 1. The highest BCUT2D eigenvalue weighted by molar-refractivity contribution is 7.92. The first kappa shape index (κ1) is 22.8. The first-order chi connectivity index (χ1) is 13.6. The van der Waals surface area contributed by atoms with E-state index in [1.165, 1.54) is 20.3 Å². The van der Waals surface area contributed by atoms with E-state index in [1.807, 2.05) is 13.0 Å². The number of aryl methyl sites for hydroxylation is 1. The zero-order valence-corrected chi connectivity index (χ0v) is 18.6. The van der Waals surface area contributed by atoms with Gasteiger partial charge in [0.05, 0.1) is 31.9 Å². The summed E-state index contributed by atoms with van der Waals surface area (Å²) in [7, 11) is -0.917. The fraction of sp³-hybridized carbons (Fsp3) is 0.350. The quantitative estimate of drug-likeness (QED) is 0.673. The van der Waals surface area contributed by atoms with E-state index in [0.29, 0.717) is 22.2 Å². The number of hydrogen-bond acceptors (Lipinski definition) is 5. The summed E-state index contributed by atoms with van der Waals surface area (Å²) in [5, 5.41) is 3.11. The number of nitrogens with zero attached hydrogens (tertiary/aromatic N) is 1. The second-order valence-corrected chi connectivity index (χ2v) is 8.79. The summed E-state index contributed by atoms with van der Waals surface area (Å²) in [6.45, 7) is 3.61. The van der Waals surface area contributed by atoms with E-state index in [-0.39, 0.29) is 12.1 Å². The normalized spacial score (nSPS) is 12.2. The highest BCUT2D eigenvalue weighted by Gasteiger charge is 2.34. The van der Waals surface area contributed by atoms with E-state index >= 15 is 0 Å². The molecule has 0 saturated carbocycles. The molecule has 0 aromatic heterocycles. The van der Waals surface area contributed by atoms with E-state index in [0.717, 1.165) is 16.1 Å². The summed E-state index contributed by atoms with van der Waals surface area (Å²) in [6.07, 6.45) is 1.26. The monoisotopic (exact) mass is 440 g/mol. The van der Waals surface area contributed by atoms with Gasteiger partial charge in [-0.15, -0.1) is 0 Å². The molecular formula is C20H25ClN2O5S. The van der Waals surface area contributed by atoms with Crippen LogP contribution in [-0.4, -0.2) is 40.8 Å². The van der Waals surface area contributed by atoms with Crippen molar-refractivity contribution >= 4 is 38.9 Å². The lowest BCUT2D eigenvalue weighted by atomic mass is 10.1. The van der Waals surface area contributed by atoms with Crippen LogP contribution < -0.4 is 19.1 Å². The van der Waals surface area contributed by atoms with Crippen molar-refractivity contribution in [3.05, 3.63) is 47.0 Å². The summed E-state index contributed by atoms with van der Waals surface area (Å²) < 4.78 is 37.0. The molecule has 1 atom stereocenters. The zero-order chi connectivity index (χ0) is 21.8. The molecule has 0 radical (unpaired) electrons. The van der Waals surface area contributed by atoms with Gasteiger partial charge in [-0.05, 0) is 49.2 Å². The first-order valence-corrected chi connectivity index (χ1v) is 11.1. The standard InChI is InChI=1S/C20H25ClN2O5S/c1-6-16(20(24)22-15-11-13(2)7-9-18(15)27-3)23(29(5,25)26)17-12-14(21)8-10-19(17)28-4/h7-12,16H,6H2,1-5H3,(H,22,24)/t16-/m1/s1. The first-order valence-electron chi connectivity index (χ1n) is 8.90. The van der Waals surface area contributed by atoms with Crippen LogP contribution in [0.4, 0.5) is 11.4 Å². The summed E-state index contributed by atoms with van der Waals surface area (Å²) in [5.41, 5.74) is 1.58. The molecule has 2 rings (SSSR count). The Morgan fingerprint density at radius 3 is 2.31 bits per heavy atom. The Bertz CT molecular complexity index is 994. The minimum absolute atomic E-state index is 0.195. The highest BCUT2D eigenvalue weighted by Crippen LogP contribution is 2.35. The molecule has 0 saturated heterocycles. The zero-order valence-electron chi connectivity index (χ0n) is 17.0. The molecule has 0 unspecified atom stereocenters. The molecule has 2 aromatic rings. The molecule has 0 spiro atoms. The Balaban J connectivity index is 2.52. The molecule has 7 nitrogen and oxygen atoms in total. The molecule has 29 heavy (non-hydrogen) atoms. The number of sulfonamides is 1. The maximum absolute atomic E-state index is 13.1. The predicted octanol–water partition coefficient (Wildman–Crippen LogP) is 3.85. The number of carbonyl (C=O) groups excluding carboxylic acids is 1. The minimum atomic E-state index is -3.84. The van der Waals surface area contributed by atoms with Gasteiger partial charge in [-0.25, -0.2) is 8.42 Å². The smallest absolute Gasteiger partial charge is 0.248 e. The fourth-order valence-corrected chi connectivity index (χ4v) is 4.38. The third kappa shape index (κ3) is 5.33. The average Bonchev–Trinajstić information content (AvgIpc) is 2.65. The number of nitrogens with one attached hydrogen (secondary N) is 1. The van der Waals surface area contributed by atoms with Gasteiger partial charge in [-0.2, -0.15) is 0 Å². The molecule has 0 aliphatic heterocycles. The Morgan fingerprint density at radius 1 is 1.14 bits per heavy atom. The molecular weight excluding hydrogens is 416 g/mol. The number of anilines is 2. The largest absolute Gasteiger partial charge is 0.495 e. The van der Waals surface area contributed by atoms with Crippen LogP contribution in [-0.2, 0) is 14.8 Å². The number of rotatable bonds is 8. The molecule has 0 aliphatic carbocycles. The predicted molar refractivity (Wildman–Crippen MR) is 116 cm³/mol. The van der Waals surface area contributed by atoms with Gasteiger partial charge < -0.3 is 14.8 Å². The summed E-state index contributed by atoms with van der Waals surface area (Å²) in [5.74, 6) is 0.271. The SMILES string of the molecule is CC[C@H](C(=O)Nc1cc(C)ccc1OC)N(c1cc(Cl)ccc1OC)S(C)(=O)=O. The van der Waals surface area contributed by atoms with Crippen molar-refractivity contribution in [2.75, 3.05) is 30.1 Å². The van der Waals surface area contributed by atoms with Gasteiger partial charge in [0, 0.05) is 5.02 Å².